The van der Waals surface area contributed by atoms with Crippen molar-refractivity contribution in [3.05, 3.63) is 36.0 Å². The number of para-hydroxylation sites is 1. The summed E-state index contributed by atoms with van der Waals surface area (Å²) in [7, 11) is 3.89. The van der Waals surface area contributed by atoms with Crippen LogP contribution in [0.2, 0.25) is 0 Å². The molecule has 0 aliphatic carbocycles. The van der Waals surface area contributed by atoms with Gasteiger partial charge >= 0.3 is 0 Å². The van der Waals surface area contributed by atoms with Crippen LogP contribution >= 0.6 is 0 Å². The Balaban J connectivity index is 1.58. The van der Waals surface area contributed by atoms with Gasteiger partial charge in [-0.2, -0.15) is 0 Å². The van der Waals surface area contributed by atoms with E-state index in [1.807, 2.05) is 43.4 Å². The number of aromatic amines is 1. The van der Waals surface area contributed by atoms with Gasteiger partial charge in [-0.1, -0.05) is 18.2 Å². The lowest BCUT2D eigenvalue weighted by Gasteiger charge is -2.26. The van der Waals surface area contributed by atoms with E-state index in [0.29, 0.717) is 32.5 Å². The SMILES string of the molecule is CN(C)C[C@]1(O)CCN(C(=O)CCc2c[nH]c3ccccc23)C1. The van der Waals surface area contributed by atoms with E-state index in [9.17, 15) is 9.90 Å². The van der Waals surface area contributed by atoms with Gasteiger partial charge < -0.3 is 19.9 Å². The Hall–Kier alpha value is -1.85. The highest BCUT2D eigenvalue weighted by atomic mass is 16.3. The fourth-order valence-electron chi connectivity index (χ4n) is 3.53. The summed E-state index contributed by atoms with van der Waals surface area (Å²) in [5.74, 6) is 0.130. The molecule has 1 aliphatic heterocycles. The second-order valence-electron chi connectivity index (χ2n) is 6.89. The minimum Gasteiger partial charge on any atom is -0.387 e. The Labute approximate surface area is 136 Å². The fraction of sp³-hybridized carbons (Fsp3) is 0.500. The first kappa shape index (κ1) is 16.0. The number of hydrogen-bond donors (Lipinski definition) is 2. The minimum atomic E-state index is -0.764. The molecule has 0 unspecified atom stereocenters. The monoisotopic (exact) mass is 315 g/mol. The normalized spacial score (nSPS) is 21.5. The first-order chi connectivity index (χ1) is 11.0. The number of nitrogens with one attached hydrogen (secondary N) is 1. The van der Waals surface area contributed by atoms with Gasteiger partial charge in [0.25, 0.3) is 0 Å². The molecule has 3 rings (SSSR count). The maximum atomic E-state index is 12.4. The van der Waals surface area contributed by atoms with Crippen LogP contribution in [0.4, 0.5) is 0 Å². The van der Waals surface area contributed by atoms with E-state index in [1.165, 1.54) is 10.9 Å². The maximum Gasteiger partial charge on any atom is 0.223 e. The molecular weight excluding hydrogens is 290 g/mol. The minimum absolute atomic E-state index is 0.130. The van der Waals surface area contributed by atoms with Crippen molar-refractivity contribution in [2.75, 3.05) is 33.7 Å². The van der Waals surface area contributed by atoms with Crippen molar-refractivity contribution in [1.82, 2.24) is 14.8 Å². The number of carbonyl (C=O) groups excluding carboxylic acids is 1. The number of aromatic nitrogens is 1. The Morgan fingerprint density at radius 2 is 2.17 bits per heavy atom. The van der Waals surface area contributed by atoms with Crippen molar-refractivity contribution in [2.45, 2.75) is 24.9 Å². The van der Waals surface area contributed by atoms with Gasteiger partial charge in [-0.25, -0.2) is 0 Å². The molecule has 23 heavy (non-hydrogen) atoms. The van der Waals surface area contributed by atoms with E-state index in [2.05, 4.69) is 11.1 Å². The zero-order chi connectivity index (χ0) is 16.4. The molecular formula is C18H25N3O2. The van der Waals surface area contributed by atoms with Crippen molar-refractivity contribution in [2.24, 2.45) is 0 Å². The van der Waals surface area contributed by atoms with Crippen LogP contribution in [-0.4, -0.2) is 65.1 Å². The van der Waals surface area contributed by atoms with E-state index in [4.69, 9.17) is 0 Å². The van der Waals surface area contributed by atoms with E-state index >= 15 is 0 Å². The van der Waals surface area contributed by atoms with Crippen molar-refractivity contribution in [3.8, 4) is 0 Å². The molecule has 124 valence electrons. The summed E-state index contributed by atoms with van der Waals surface area (Å²) >= 11 is 0. The number of H-pyrrole nitrogens is 1. The van der Waals surface area contributed by atoms with Crippen LogP contribution in [0.3, 0.4) is 0 Å². The molecule has 1 aliphatic rings. The molecule has 1 aromatic heterocycles. The van der Waals surface area contributed by atoms with Crippen molar-refractivity contribution in [3.63, 3.8) is 0 Å². The Morgan fingerprint density at radius 3 is 2.96 bits per heavy atom. The Bertz CT molecular complexity index is 694. The number of benzene rings is 1. The molecule has 0 radical (unpaired) electrons. The number of nitrogens with zero attached hydrogens (tertiary/aromatic N) is 2. The van der Waals surface area contributed by atoms with Gasteiger partial charge in [-0.15, -0.1) is 0 Å². The van der Waals surface area contributed by atoms with E-state index in [1.54, 1.807) is 4.90 Å². The molecule has 1 atom stereocenters. The van der Waals surface area contributed by atoms with Crippen LogP contribution in [0, 0.1) is 0 Å². The number of amides is 1. The molecule has 2 aromatic rings. The Kier molecular flexibility index (Phi) is 4.41. The van der Waals surface area contributed by atoms with Gasteiger partial charge in [-0.3, -0.25) is 4.79 Å². The Morgan fingerprint density at radius 1 is 1.39 bits per heavy atom. The third-order valence-electron chi connectivity index (χ3n) is 4.58. The van der Waals surface area contributed by atoms with E-state index < -0.39 is 5.60 Å². The quantitative estimate of drug-likeness (QED) is 0.881. The van der Waals surface area contributed by atoms with E-state index in [0.717, 1.165) is 11.9 Å². The molecule has 0 bridgehead atoms. The molecule has 0 spiro atoms. The molecule has 5 nitrogen and oxygen atoms in total. The summed E-state index contributed by atoms with van der Waals surface area (Å²) in [4.78, 5) is 19.5. The predicted octanol–water partition coefficient (Wildman–Crippen LogP) is 1.63. The van der Waals surface area contributed by atoms with Crippen LogP contribution in [0.15, 0.2) is 30.5 Å². The number of β-amino-alcohol motifs (C(OH)–C–C–N with tert-alkyl or cyclic N) is 1. The summed E-state index contributed by atoms with van der Waals surface area (Å²) in [5, 5.41) is 11.7. The lowest BCUT2D eigenvalue weighted by Crippen LogP contribution is -2.43. The van der Waals surface area contributed by atoms with Gasteiger partial charge in [0.15, 0.2) is 0 Å². The average Bonchev–Trinajstić information content (AvgIpc) is 3.08. The van der Waals surface area contributed by atoms with Gasteiger partial charge in [0.05, 0.1) is 12.1 Å². The number of hydrogen-bond acceptors (Lipinski definition) is 3. The van der Waals surface area contributed by atoms with Crippen LogP contribution in [-0.2, 0) is 11.2 Å². The third kappa shape index (κ3) is 3.57. The smallest absolute Gasteiger partial charge is 0.223 e. The standard InChI is InChI=1S/C18H25N3O2/c1-20(2)12-18(23)9-10-21(13-18)17(22)8-7-14-11-19-16-6-4-3-5-15(14)16/h3-6,11,19,23H,7-10,12-13H2,1-2H3/t18-/m1/s1. The second-order valence-corrected chi connectivity index (χ2v) is 6.89. The van der Waals surface area contributed by atoms with E-state index in [-0.39, 0.29) is 5.91 Å². The zero-order valence-corrected chi connectivity index (χ0v) is 13.9. The van der Waals surface area contributed by atoms with Gasteiger partial charge in [-0.05, 0) is 38.6 Å². The highest BCUT2D eigenvalue weighted by Crippen LogP contribution is 2.24. The molecule has 1 saturated heterocycles. The summed E-state index contributed by atoms with van der Waals surface area (Å²) in [6.07, 6.45) is 3.86. The van der Waals surface area contributed by atoms with Gasteiger partial charge in [0.1, 0.15) is 0 Å². The first-order valence-corrected chi connectivity index (χ1v) is 8.17. The second kappa shape index (κ2) is 6.34. The molecule has 0 saturated carbocycles. The highest BCUT2D eigenvalue weighted by molar-refractivity contribution is 5.84. The number of carbonyl (C=O) groups is 1. The topological polar surface area (TPSA) is 59.6 Å². The average molecular weight is 315 g/mol. The van der Waals surface area contributed by atoms with Crippen molar-refractivity contribution < 1.29 is 9.90 Å². The summed E-state index contributed by atoms with van der Waals surface area (Å²) in [5.41, 5.74) is 1.52. The van der Waals surface area contributed by atoms with Crippen LogP contribution in [0.5, 0.6) is 0 Å². The fourth-order valence-corrected chi connectivity index (χ4v) is 3.53. The lowest BCUT2D eigenvalue weighted by atomic mass is 10.0. The van der Waals surface area contributed by atoms with Crippen molar-refractivity contribution in [1.29, 1.82) is 0 Å². The number of fused-ring (bicyclic) bond motifs is 1. The number of rotatable bonds is 5. The predicted molar refractivity (Wildman–Crippen MR) is 91.3 cm³/mol. The maximum absolute atomic E-state index is 12.4. The van der Waals surface area contributed by atoms with Crippen molar-refractivity contribution >= 4 is 16.8 Å². The molecule has 2 N–H and O–H groups in total. The summed E-state index contributed by atoms with van der Waals surface area (Å²) in [6.45, 7) is 1.69. The lowest BCUT2D eigenvalue weighted by molar-refractivity contribution is -0.131. The number of aliphatic hydroxyl groups is 1. The number of likely N-dealkylation sites (tertiary alicyclic amines) is 1. The first-order valence-electron chi connectivity index (χ1n) is 8.17. The zero-order valence-electron chi connectivity index (χ0n) is 13.9. The highest BCUT2D eigenvalue weighted by Gasteiger charge is 2.38. The summed E-state index contributed by atoms with van der Waals surface area (Å²) < 4.78 is 0. The molecule has 1 amide bonds. The van der Waals surface area contributed by atoms with Crippen LogP contribution in [0.1, 0.15) is 18.4 Å². The largest absolute Gasteiger partial charge is 0.387 e. The molecule has 2 heterocycles. The van der Waals surface area contributed by atoms with Crippen LogP contribution < -0.4 is 0 Å². The summed E-state index contributed by atoms with van der Waals surface area (Å²) in [6, 6.07) is 8.15. The van der Waals surface area contributed by atoms with Gasteiger partial charge in [0.2, 0.25) is 5.91 Å². The number of likely N-dealkylation sites (N-methyl/N-ethyl adjacent to an activating group) is 1. The van der Waals surface area contributed by atoms with Crippen LogP contribution in [0.25, 0.3) is 10.9 Å². The molecule has 1 aromatic carbocycles. The molecule has 1 fully saturated rings. The molecule has 5 heteroatoms. The van der Waals surface area contributed by atoms with Gasteiger partial charge in [0, 0.05) is 36.6 Å². The third-order valence-corrected chi connectivity index (χ3v) is 4.58. The number of aryl methyl sites for hydroxylation is 1.